The quantitative estimate of drug-likeness (QED) is 0.789. The number of carbonyl (C=O) groups excluding carboxylic acids is 1. The molecule has 5 nitrogen and oxygen atoms in total. The summed E-state index contributed by atoms with van der Waals surface area (Å²) in [6.45, 7) is 4.86. The highest BCUT2D eigenvalue weighted by Crippen LogP contribution is 2.37. The highest BCUT2D eigenvalue weighted by Gasteiger charge is 2.39. The lowest BCUT2D eigenvalue weighted by atomic mass is 9.87. The molecule has 0 aromatic rings. The van der Waals surface area contributed by atoms with Crippen molar-refractivity contribution in [3.63, 3.8) is 0 Å². The third-order valence-electron chi connectivity index (χ3n) is 4.35. The lowest BCUT2D eigenvalue weighted by molar-refractivity contribution is -0.141. The Morgan fingerprint density at radius 2 is 2.00 bits per heavy atom. The third-order valence-corrected chi connectivity index (χ3v) is 4.35. The normalized spacial score (nSPS) is 30.4. The number of nitrogens with one attached hydrogen (secondary N) is 1. The van der Waals surface area contributed by atoms with Gasteiger partial charge in [0.1, 0.15) is 6.04 Å². The second-order valence-corrected chi connectivity index (χ2v) is 6.07. The van der Waals surface area contributed by atoms with Crippen LogP contribution < -0.4 is 5.32 Å². The Balaban J connectivity index is 1.97. The van der Waals surface area contributed by atoms with Crippen LogP contribution >= 0.6 is 0 Å². The predicted molar refractivity (Wildman–Crippen MR) is 67.3 cm³/mol. The van der Waals surface area contributed by atoms with Crippen molar-refractivity contribution in [1.29, 1.82) is 0 Å². The van der Waals surface area contributed by atoms with Gasteiger partial charge in [-0.15, -0.1) is 0 Å². The fraction of sp³-hybridized carbons (Fsp3) is 0.846. The van der Waals surface area contributed by atoms with Gasteiger partial charge in [0, 0.05) is 12.6 Å². The summed E-state index contributed by atoms with van der Waals surface area (Å²) in [5, 5.41) is 12.1. The minimum atomic E-state index is -0.895. The number of carbonyl (C=O) groups is 2. The molecule has 2 rings (SSSR count). The number of carboxylic acid groups (broad SMARTS) is 1. The molecule has 2 aliphatic rings. The summed E-state index contributed by atoms with van der Waals surface area (Å²) in [6.07, 6.45) is 4.57. The van der Waals surface area contributed by atoms with E-state index in [0.717, 1.165) is 25.7 Å². The summed E-state index contributed by atoms with van der Waals surface area (Å²) in [5.41, 5.74) is 0.119. The summed E-state index contributed by atoms with van der Waals surface area (Å²) in [6, 6.07) is -0.686. The first-order valence-electron chi connectivity index (χ1n) is 6.72. The maximum atomic E-state index is 12.2. The zero-order chi connectivity index (χ0) is 13.3. The summed E-state index contributed by atoms with van der Waals surface area (Å²) in [5.74, 6) is -0.895. The number of amides is 2. The van der Waals surface area contributed by atoms with Crippen LogP contribution in [0.4, 0.5) is 4.79 Å². The molecule has 0 radical (unpaired) electrons. The molecule has 0 spiro atoms. The van der Waals surface area contributed by atoms with E-state index in [2.05, 4.69) is 19.2 Å². The van der Waals surface area contributed by atoms with Crippen molar-refractivity contribution < 1.29 is 14.7 Å². The largest absolute Gasteiger partial charge is 0.480 e. The van der Waals surface area contributed by atoms with E-state index in [4.69, 9.17) is 5.11 Å². The summed E-state index contributed by atoms with van der Waals surface area (Å²) in [4.78, 5) is 24.7. The van der Waals surface area contributed by atoms with Crippen molar-refractivity contribution >= 4 is 12.0 Å². The van der Waals surface area contributed by atoms with Gasteiger partial charge in [-0.1, -0.05) is 20.3 Å². The monoisotopic (exact) mass is 254 g/mol. The van der Waals surface area contributed by atoms with Crippen molar-refractivity contribution in [1.82, 2.24) is 10.2 Å². The molecule has 1 saturated carbocycles. The average molecular weight is 254 g/mol. The van der Waals surface area contributed by atoms with Gasteiger partial charge in [0.2, 0.25) is 0 Å². The lowest BCUT2D eigenvalue weighted by Crippen LogP contribution is -2.51. The molecule has 2 N–H and O–H groups in total. The molecule has 1 saturated heterocycles. The first-order chi connectivity index (χ1) is 8.42. The summed E-state index contributed by atoms with van der Waals surface area (Å²) in [7, 11) is 0. The van der Waals surface area contributed by atoms with Gasteiger partial charge in [0.05, 0.1) is 0 Å². The number of rotatable bonds is 2. The van der Waals surface area contributed by atoms with Gasteiger partial charge in [0.15, 0.2) is 0 Å². The standard InChI is InChI=1S/C13H22N2O3/c1-13(2)7-3-6-10(13)14-12(18)15-8-4-5-9(15)11(16)17/h9-10H,3-8H2,1-2H3,(H,14,18)(H,16,17)/t9-,10?/m1/s1. The predicted octanol–water partition coefficient (Wildman–Crippen LogP) is 1.82. The van der Waals surface area contributed by atoms with E-state index < -0.39 is 12.0 Å². The Kier molecular flexibility index (Phi) is 3.50. The van der Waals surface area contributed by atoms with Crippen molar-refractivity contribution in [3.8, 4) is 0 Å². The molecule has 1 unspecified atom stereocenters. The van der Waals surface area contributed by atoms with Crippen LogP contribution in [0.1, 0.15) is 46.0 Å². The van der Waals surface area contributed by atoms with Crippen molar-refractivity contribution in [3.05, 3.63) is 0 Å². The number of hydrogen-bond acceptors (Lipinski definition) is 2. The molecule has 0 bridgehead atoms. The number of carboxylic acids is 1. The number of aliphatic carboxylic acids is 1. The van der Waals surface area contributed by atoms with E-state index in [0.29, 0.717) is 13.0 Å². The Bertz CT molecular complexity index is 354. The van der Waals surface area contributed by atoms with E-state index in [-0.39, 0.29) is 17.5 Å². The molecule has 1 aliphatic heterocycles. The van der Waals surface area contributed by atoms with E-state index in [1.807, 2.05) is 0 Å². The SMILES string of the molecule is CC1(C)CCCC1NC(=O)N1CCC[C@@H]1C(=O)O. The van der Waals surface area contributed by atoms with Crippen LogP contribution in [-0.4, -0.2) is 40.6 Å². The van der Waals surface area contributed by atoms with Gasteiger partial charge in [-0.25, -0.2) is 9.59 Å². The average Bonchev–Trinajstić information content (AvgIpc) is 2.86. The molecule has 0 aromatic heterocycles. The maximum absolute atomic E-state index is 12.2. The molecule has 1 heterocycles. The van der Waals surface area contributed by atoms with E-state index in [1.165, 1.54) is 4.90 Å². The second-order valence-electron chi connectivity index (χ2n) is 6.07. The van der Waals surface area contributed by atoms with Gasteiger partial charge in [-0.2, -0.15) is 0 Å². The Morgan fingerprint density at radius 1 is 1.28 bits per heavy atom. The minimum absolute atomic E-state index is 0.119. The van der Waals surface area contributed by atoms with Gasteiger partial charge in [-0.3, -0.25) is 0 Å². The molecule has 5 heteroatoms. The highest BCUT2D eigenvalue weighted by atomic mass is 16.4. The van der Waals surface area contributed by atoms with Gasteiger partial charge in [-0.05, 0) is 31.1 Å². The van der Waals surface area contributed by atoms with Gasteiger partial charge in [0.25, 0.3) is 0 Å². The molecule has 0 aromatic carbocycles. The zero-order valence-electron chi connectivity index (χ0n) is 11.1. The van der Waals surface area contributed by atoms with E-state index in [1.54, 1.807) is 0 Å². The fourth-order valence-electron chi connectivity index (χ4n) is 3.09. The van der Waals surface area contributed by atoms with Crippen molar-refractivity contribution in [2.24, 2.45) is 5.41 Å². The molecular weight excluding hydrogens is 232 g/mol. The number of nitrogens with zero attached hydrogens (tertiary/aromatic N) is 1. The zero-order valence-corrected chi connectivity index (χ0v) is 11.1. The molecule has 102 valence electrons. The highest BCUT2D eigenvalue weighted by molar-refractivity contribution is 5.83. The second kappa shape index (κ2) is 4.78. The number of likely N-dealkylation sites (tertiary alicyclic amines) is 1. The van der Waals surface area contributed by atoms with Crippen LogP contribution in [0, 0.1) is 5.41 Å². The van der Waals surface area contributed by atoms with Gasteiger partial charge < -0.3 is 15.3 Å². The van der Waals surface area contributed by atoms with Crippen LogP contribution in [0.2, 0.25) is 0 Å². The van der Waals surface area contributed by atoms with Crippen LogP contribution in [-0.2, 0) is 4.79 Å². The molecular formula is C13H22N2O3. The third kappa shape index (κ3) is 2.44. The Morgan fingerprint density at radius 3 is 2.56 bits per heavy atom. The lowest BCUT2D eigenvalue weighted by Gasteiger charge is -2.31. The fourth-order valence-corrected chi connectivity index (χ4v) is 3.09. The van der Waals surface area contributed by atoms with Crippen molar-refractivity contribution in [2.45, 2.75) is 58.0 Å². The number of urea groups is 1. The molecule has 1 aliphatic carbocycles. The van der Waals surface area contributed by atoms with E-state index in [9.17, 15) is 9.59 Å². The van der Waals surface area contributed by atoms with Gasteiger partial charge >= 0.3 is 12.0 Å². The molecule has 18 heavy (non-hydrogen) atoms. The van der Waals surface area contributed by atoms with Crippen LogP contribution in [0.5, 0.6) is 0 Å². The molecule has 2 atom stereocenters. The summed E-state index contributed by atoms with van der Waals surface area (Å²) < 4.78 is 0. The first kappa shape index (κ1) is 13.2. The van der Waals surface area contributed by atoms with Crippen LogP contribution in [0.3, 0.4) is 0 Å². The Hall–Kier alpha value is -1.26. The molecule has 2 fully saturated rings. The minimum Gasteiger partial charge on any atom is -0.480 e. The topological polar surface area (TPSA) is 69.6 Å². The smallest absolute Gasteiger partial charge is 0.326 e. The molecule has 2 amide bonds. The maximum Gasteiger partial charge on any atom is 0.326 e. The van der Waals surface area contributed by atoms with Crippen molar-refractivity contribution in [2.75, 3.05) is 6.54 Å². The first-order valence-corrected chi connectivity index (χ1v) is 6.72. The van der Waals surface area contributed by atoms with E-state index >= 15 is 0 Å². The number of hydrogen-bond donors (Lipinski definition) is 2. The summed E-state index contributed by atoms with van der Waals surface area (Å²) >= 11 is 0. The van der Waals surface area contributed by atoms with Crippen LogP contribution in [0.25, 0.3) is 0 Å². The Labute approximate surface area is 108 Å². The van der Waals surface area contributed by atoms with Crippen LogP contribution in [0.15, 0.2) is 0 Å².